The van der Waals surface area contributed by atoms with E-state index in [0.717, 1.165) is 0 Å². The molecule has 0 saturated carbocycles. The zero-order valence-electron chi connectivity index (χ0n) is 14.5. The Hall–Kier alpha value is -4.20. The van der Waals surface area contributed by atoms with Gasteiger partial charge in [0.1, 0.15) is 5.69 Å². The molecule has 8 nitrogen and oxygen atoms in total. The van der Waals surface area contributed by atoms with Gasteiger partial charge in [0, 0.05) is 29.1 Å². The quantitative estimate of drug-likeness (QED) is 0.552. The van der Waals surface area contributed by atoms with Crippen LogP contribution in [0, 0.1) is 0 Å². The van der Waals surface area contributed by atoms with Gasteiger partial charge in [0.15, 0.2) is 5.76 Å². The Balaban J connectivity index is 1.88. The van der Waals surface area contributed by atoms with Crippen LogP contribution in [0.25, 0.3) is 22.4 Å². The molecule has 0 bridgehead atoms. The van der Waals surface area contributed by atoms with Crippen molar-refractivity contribution in [3.8, 4) is 22.4 Å². The van der Waals surface area contributed by atoms with Crippen molar-refractivity contribution in [2.75, 3.05) is 5.32 Å². The van der Waals surface area contributed by atoms with E-state index >= 15 is 0 Å². The molecule has 4 rings (SSSR count). The van der Waals surface area contributed by atoms with Gasteiger partial charge in [0.05, 0.1) is 11.8 Å². The van der Waals surface area contributed by atoms with Crippen molar-refractivity contribution in [1.29, 1.82) is 0 Å². The van der Waals surface area contributed by atoms with Crippen molar-refractivity contribution in [1.82, 2.24) is 10.1 Å². The lowest BCUT2D eigenvalue weighted by Gasteiger charge is -2.09. The Morgan fingerprint density at radius 3 is 2.61 bits per heavy atom. The number of hydrogen-bond donors (Lipinski definition) is 2. The summed E-state index contributed by atoms with van der Waals surface area (Å²) in [4.78, 5) is 28.5. The maximum absolute atomic E-state index is 12.4. The molecule has 0 fully saturated rings. The molecule has 138 valence electrons. The Morgan fingerprint density at radius 1 is 1.04 bits per heavy atom. The van der Waals surface area contributed by atoms with Crippen molar-refractivity contribution >= 4 is 17.7 Å². The number of amides is 2. The second-order valence-electron chi connectivity index (χ2n) is 5.82. The molecule has 0 saturated heterocycles. The Morgan fingerprint density at radius 2 is 1.89 bits per heavy atom. The smallest absolute Gasteiger partial charge is 0.293 e. The first-order chi connectivity index (χ1) is 13.6. The molecule has 28 heavy (non-hydrogen) atoms. The highest BCUT2D eigenvalue weighted by atomic mass is 16.5. The molecular weight excluding hydrogens is 360 g/mol. The first-order valence-corrected chi connectivity index (χ1v) is 8.29. The highest BCUT2D eigenvalue weighted by Crippen LogP contribution is 2.39. The van der Waals surface area contributed by atoms with Gasteiger partial charge in [-0.1, -0.05) is 23.4 Å². The predicted octanol–water partition coefficient (Wildman–Crippen LogP) is 3.35. The van der Waals surface area contributed by atoms with E-state index in [1.807, 2.05) is 0 Å². The van der Waals surface area contributed by atoms with Crippen LogP contribution in [-0.4, -0.2) is 22.0 Å². The summed E-state index contributed by atoms with van der Waals surface area (Å²) in [5.41, 5.74) is 7.76. The van der Waals surface area contributed by atoms with E-state index in [-0.39, 0.29) is 17.2 Å². The summed E-state index contributed by atoms with van der Waals surface area (Å²) in [6, 6.07) is 13.4. The number of carbonyl (C=O) groups is 2. The van der Waals surface area contributed by atoms with Crippen molar-refractivity contribution in [3.63, 3.8) is 0 Å². The van der Waals surface area contributed by atoms with Crippen molar-refractivity contribution < 1.29 is 18.5 Å². The number of carbonyl (C=O) groups excluding carboxylic acids is 2. The van der Waals surface area contributed by atoms with Crippen molar-refractivity contribution in [2.45, 2.75) is 0 Å². The zero-order chi connectivity index (χ0) is 19.5. The molecule has 3 N–H and O–H groups in total. The van der Waals surface area contributed by atoms with Crippen LogP contribution >= 0.6 is 0 Å². The molecule has 1 aromatic carbocycles. The van der Waals surface area contributed by atoms with Gasteiger partial charge in [-0.2, -0.15) is 0 Å². The van der Waals surface area contributed by atoms with E-state index in [4.69, 9.17) is 14.7 Å². The largest absolute Gasteiger partial charge is 0.459 e. The van der Waals surface area contributed by atoms with Gasteiger partial charge in [0.2, 0.25) is 11.8 Å². The van der Waals surface area contributed by atoms with Gasteiger partial charge in [-0.3, -0.25) is 19.9 Å². The Bertz CT molecular complexity index is 1130. The summed E-state index contributed by atoms with van der Waals surface area (Å²) in [6.45, 7) is 0. The van der Waals surface area contributed by atoms with Crippen LogP contribution in [0.15, 0.2) is 76.1 Å². The van der Waals surface area contributed by atoms with Crippen LogP contribution in [0.4, 0.5) is 5.88 Å². The van der Waals surface area contributed by atoms with Gasteiger partial charge >= 0.3 is 0 Å². The normalized spacial score (nSPS) is 10.6. The number of nitrogens with one attached hydrogen (secondary N) is 1. The summed E-state index contributed by atoms with van der Waals surface area (Å²) >= 11 is 0. The Kier molecular flexibility index (Phi) is 4.43. The van der Waals surface area contributed by atoms with Crippen LogP contribution in [0.3, 0.4) is 0 Å². The molecule has 0 aliphatic carbocycles. The fraction of sp³-hybridized carbons (Fsp3) is 0. The van der Waals surface area contributed by atoms with E-state index in [1.165, 1.54) is 12.3 Å². The fourth-order valence-corrected chi connectivity index (χ4v) is 2.81. The van der Waals surface area contributed by atoms with Gasteiger partial charge < -0.3 is 14.7 Å². The third-order valence-corrected chi connectivity index (χ3v) is 4.06. The second-order valence-corrected chi connectivity index (χ2v) is 5.82. The molecule has 0 radical (unpaired) electrons. The van der Waals surface area contributed by atoms with Gasteiger partial charge in [-0.25, -0.2) is 0 Å². The van der Waals surface area contributed by atoms with Crippen LogP contribution in [-0.2, 0) is 0 Å². The first kappa shape index (κ1) is 17.2. The molecule has 2 amide bonds. The number of aromatic nitrogens is 2. The van der Waals surface area contributed by atoms with E-state index in [1.54, 1.807) is 54.9 Å². The van der Waals surface area contributed by atoms with Crippen LogP contribution < -0.4 is 11.1 Å². The van der Waals surface area contributed by atoms with E-state index in [2.05, 4.69) is 15.5 Å². The van der Waals surface area contributed by atoms with E-state index in [0.29, 0.717) is 22.4 Å². The molecule has 0 aliphatic heterocycles. The van der Waals surface area contributed by atoms with Crippen molar-refractivity contribution in [3.05, 3.63) is 78.5 Å². The lowest BCUT2D eigenvalue weighted by atomic mass is 9.96. The number of pyridine rings is 1. The fourth-order valence-electron chi connectivity index (χ4n) is 2.81. The predicted molar refractivity (Wildman–Crippen MR) is 100 cm³/mol. The summed E-state index contributed by atoms with van der Waals surface area (Å²) in [5, 5.41) is 6.72. The average Bonchev–Trinajstić information content (AvgIpc) is 3.39. The number of furan rings is 1. The minimum absolute atomic E-state index is 0.0638. The number of hydrogen-bond acceptors (Lipinski definition) is 6. The minimum atomic E-state index is -0.614. The summed E-state index contributed by atoms with van der Waals surface area (Å²) < 4.78 is 10.5. The van der Waals surface area contributed by atoms with Crippen LogP contribution in [0.5, 0.6) is 0 Å². The minimum Gasteiger partial charge on any atom is -0.459 e. The maximum Gasteiger partial charge on any atom is 0.293 e. The molecule has 3 aromatic heterocycles. The van der Waals surface area contributed by atoms with Gasteiger partial charge in [-0.15, -0.1) is 0 Å². The SMILES string of the molecule is NC(=O)c1ccccc1-c1c(-c2cccnc2)noc1NC(=O)c1ccco1. The van der Waals surface area contributed by atoms with E-state index < -0.39 is 11.8 Å². The third-order valence-electron chi connectivity index (χ3n) is 4.06. The molecule has 0 spiro atoms. The lowest BCUT2D eigenvalue weighted by Crippen LogP contribution is -2.14. The Labute approximate surface area is 159 Å². The number of nitrogens with two attached hydrogens (primary N) is 1. The third kappa shape index (κ3) is 3.14. The van der Waals surface area contributed by atoms with Crippen molar-refractivity contribution in [2.24, 2.45) is 5.73 Å². The first-order valence-electron chi connectivity index (χ1n) is 8.29. The van der Waals surface area contributed by atoms with Gasteiger partial charge in [-0.05, 0) is 30.3 Å². The molecule has 3 heterocycles. The summed E-state index contributed by atoms with van der Waals surface area (Å²) in [6.07, 6.45) is 4.62. The highest BCUT2D eigenvalue weighted by molar-refractivity contribution is 6.07. The molecule has 0 atom stereocenters. The number of rotatable bonds is 5. The standard InChI is InChI=1S/C20H14N4O4/c21-18(25)14-7-2-1-6-13(14)16-17(12-5-3-9-22-11-12)24-28-20(16)23-19(26)15-8-4-10-27-15/h1-11H,(H2,21,25)(H,23,26). The number of anilines is 1. The maximum atomic E-state index is 12.4. The van der Waals surface area contributed by atoms with Crippen LogP contribution in [0.2, 0.25) is 0 Å². The average molecular weight is 374 g/mol. The highest BCUT2D eigenvalue weighted by Gasteiger charge is 2.25. The summed E-state index contributed by atoms with van der Waals surface area (Å²) in [7, 11) is 0. The molecular formula is C20H14N4O4. The number of benzene rings is 1. The van der Waals surface area contributed by atoms with Gasteiger partial charge in [0.25, 0.3) is 5.91 Å². The molecule has 8 heteroatoms. The number of primary amides is 1. The second kappa shape index (κ2) is 7.20. The molecule has 0 unspecified atom stereocenters. The van der Waals surface area contributed by atoms with E-state index in [9.17, 15) is 9.59 Å². The lowest BCUT2D eigenvalue weighted by molar-refractivity contribution is 0.0989. The molecule has 0 aliphatic rings. The number of nitrogens with zero attached hydrogens (tertiary/aromatic N) is 2. The summed E-state index contributed by atoms with van der Waals surface area (Å²) in [5.74, 6) is -0.962. The zero-order valence-corrected chi connectivity index (χ0v) is 14.5. The monoisotopic (exact) mass is 374 g/mol. The van der Waals surface area contributed by atoms with Crippen LogP contribution in [0.1, 0.15) is 20.9 Å². The molecule has 4 aromatic rings. The topological polar surface area (TPSA) is 124 Å².